The Kier molecular flexibility index (Phi) is 14.9. The molecule has 0 fully saturated rings. The summed E-state index contributed by atoms with van der Waals surface area (Å²) in [5.74, 6) is -0.186. The Bertz CT molecular complexity index is 442. The van der Waals surface area contributed by atoms with E-state index in [2.05, 4.69) is 53.4 Å². The van der Waals surface area contributed by atoms with Crippen molar-refractivity contribution in [1.82, 2.24) is 0 Å². The second kappa shape index (κ2) is 14.9. The number of esters is 1. The van der Waals surface area contributed by atoms with Crippen LogP contribution in [0.4, 0.5) is 0 Å². The van der Waals surface area contributed by atoms with Crippen molar-refractivity contribution in [3.63, 3.8) is 0 Å². The van der Waals surface area contributed by atoms with Crippen molar-refractivity contribution in [3.05, 3.63) is 21.8 Å². The number of unbranched alkanes of at least 4 members (excludes halogenated alkanes) is 3. The first-order valence-corrected chi connectivity index (χ1v) is 22.4. The molecule has 0 saturated carbocycles. The standard InChI is InChI=1S/C11H19O2Si.3C4H9.Sn/c1-5-6-7-8-11(12)13-9-10-14(2,3)4;3*1-3-4-2;/h6-8H,9-10H2,1-4H3;3*1,3-4H2,2H3;/b6-5?,8-7+;;;;. The van der Waals surface area contributed by atoms with E-state index in [-0.39, 0.29) is 5.97 Å². The van der Waals surface area contributed by atoms with Gasteiger partial charge in [-0.2, -0.15) is 0 Å². The van der Waals surface area contributed by atoms with Crippen LogP contribution >= 0.6 is 0 Å². The summed E-state index contributed by atoms with van der Waals surface area (Å²) in [5, 5.41) is 0. The van der Waals surface area contributed by atoms with E-state index in [0.717, 1.165) is 6.04 Å². The second-order valence-corrected chi connectivity index (χ2v) is 28.7. The van der Waals surface area contributed by atoms with Crippen molar-refractivity contribution in [2.24, 2.45) is 0 Å². The summed E-state index contributed by atoms with van der Waals surface area (Å²) in [6, 6.07) is 1.03. The Balaban J connectivity index is 5.03. The van der Waals surface area contributed by atoms with Gasteiger partial charge in [-0.15, -0.1) is 0 Å². The maximum atomic E-state index is 12.0. The first-order chi connectivity index (χ1) is 12.7. The summed E-state index contributed by atoms with van der Waals surface area (Å²) in [6.45, 7) is 16.8. The Morgan fingerprint density at radius 2 is 1.41 bits per heavy atom. The fourth-order valence-corrected chi connectivity index (χ4v) is 19.8. The Morgan fingerprint density at radius 3 is 1.81 bits per heavy atom. The van der Waals surface area contributed by atoms with Gasteiger partial charge in [0, 0.05) is 0 Å². The summed E-state index contributed by atoms with van der Waals surface area (Å²) >= 11 is -2.30. The number of ether oxygens (including phenoxy) is 1. The van der Waals surface area contributed by atoms with Gasteiger partial charge >= 0.3 is 176 Å². The number of hydrogen-bond donors (Lipinski definition) is 0. The summed E-state index contributed by atoms with van der Waals surface area (Å²) in [5.41, 5.74) is 0. The van der Waals surface area contributed by atoms with Crippen LogP contribution in [0.5, 0.6) is 0 Å². The van der Waals surface area contributed by atoms with E-state index in [1.165, 1.54) is 51.8 Å². The van der Waals surface area contributed by atoms with E-state index < -0.39 is 26.5 Å². The molecule has 0 aliphatic carbocycles. The predicted octanol–water partition coefficient (Wildman–Crippen LogP) is 7.76. The molecule has 0 aromatic heterocycles. The van der Waals surface area contributed by atoms with Crippen LogP contribution in [0.2, 0.25) is 39.0 Å². The van der Waals surface area contributed by atoms with E-state index in [9.17, 15) is 4.79 Å². The molecule has 4 heteroatoms. The zero-order chi connectivity index (χ0) is 20.8. The van der Waals surface area contributed by atoms with Gasteiger partial charge in [0.25, 0.3) is 0 Å². The molecule has 0 heterocycles. The molecule has 0 aromatic carbocycles. The number of carbonyl (C=O) groups is 1. The third-order valence-corrected chi connectivity index (χ3v) is 23.7. The van der Waals surface area contributed by atoms with Gasteiger partial charge in [0.2, 0.25) is 0 Å². The molecule has 2 nitrogen and oxygen atoms in total. The molecule has 0 atom stereocenters. The number of hydrogen-bond acceptors (Lipinski definition) is 2. The van der Waals surface area contributed by atoms with Gasteiger partial charge in [-0.1, -0.05) is 0 Å². The maximum absolute atomic E-state index is 12.0. The van der Waals surface area contributed by atoms with Crippen LogP contribution in [-0.4, -0.2) is 39.0 Å². The first kappa shape index (κ1) is 27.0. The van der Waals surface area contributed by atoms with Crippen LogP contribution in [0, 0.1) is 0 Å². The molecule has 0 aromatic rings. The van der Waals surface area contributed by atoms with E-state index in [4.69, 9.17) is 4.74 Å². The molecule has 0 radical (unpaired) electrons. The van der Waals surface area contributed by atoms with Crippen LogP contribution in [0.3, 0.4) is 0 Å². The van der Waals surface area contributed by atoms with E-state index >= 15 is 0 Å². The fraction of sp³-hybridized carbons (Fsp3) is 0.783. The summed E-state index contributed by atoms with van der Waals surface area (Å²) < 4.78 is 11.4. The first-order valence-electron chi connectivity index (χ1n) is 11.2. The molecule has 0 aliphatic rings. The summed E-state index contributed by atoms with van der Waals surface area (Å²) in [4.78, 5) is 12.0. The third kappa shape index (κ3) is 12.9. The van der Waals surface area contributed by atoms with Gasteiger partial charge in [0.15, 0.2) is 0 Å². The van der Waals surface area contributed by atoms with Crippen molar-refractivity contribution >= 4 is 32.4 Å². The van der Waals surface area contributed by atoms with E-state index in [1.54, 1.807) is 9.67 Å². The fourth-order valence-electron chi connectivity index (χ4n) is 3.47. The van der Waals surface area contributed by atoms with E-state index in [0.29, 0.717) is 6.61 Å². The van der Waals surface area contributed by atoms with Crippen molar-refractivity contribution in [2.75, 3.05) is 6.61 Å². The molecule has 0 aliphatic heterocycles. The predicted molar refractivity (Wildman–Crippen MR) is 127 cm³/mol. The van der Waals surface area contributed by atoms with Crippen molar-refractivity contribution < 1.29 is 9.53 Å². The molecule has 0 bridgehead atoms. The Morgan fingerprint density at radius 1 is 0.926 bits per heavy atom. The van der Waals surface area contributed by atoms with Crippen molar-refractivity contribution in [2.45, 2.75) is 105 Å². The van der Waals surface area contributed by atoms with Gasteiger partial charge in [-0.3, -0.25) is 0 Å². The second-order valence-electron chi connectivity index (χ2n) is 9.28. The van der Waals surface area contributed by atoms with Crippen LogP contribution in [0.1, 0.15) is 66.2 Å². The zero-order valence-corrected chi connectivity index (χ0v) is 23.2. The molecule has 27 heavy (non-hydrogen) atoms. The number of allylic oxidation sites excluding steroid dienone is 3. The molecule has 0 amide bonds. The third-order valence-electron chi connectivity index (χ3n) is 5.54. The summed E-state index contributed by atoms with van der Waals surface area (Å²) in [6.07, 6.45) is 13.9. The molecule has 0 rings (SSSR count). The minimum absolute atomic E-state index is 0.186. The van der Waals surface area contributed by atoms with Gasteiger partial charge in [-0.05, 0) is 0 Å². The quantitative estimate of drug-likeness (QED) is 0.0992. The minimum atomic E-state index is -2.30. The molecular weight excluding hydrogens is 455 g/mol. The average molecular weight is 501 g/mol. The number of rotatable bonds is 15. The van der Waals surface area contributed by atoms with Crippen LogP contribution in [0.15, 0.2) is 21.8 Å². The van der Waals surface area contributed by atoms with Crippen LogP contribution in [-0.2, 0) is 9.53 Å². The van der Waals surface area contributed by atoms with Gasteiger partial charge in [0.05, 0.1) is 0 Å². The number of carbonyl (C=O) groups excluding carboxylic acids is 1. The summed E-state index contributed by atoms with van der Waals surface area (Å²) in [7, 11) is -1.14. The Hall–Kier alpha value is -0.0344. The van der Waals surface area contributed by atoms with Crippen LogP contribution < -0.4 is 0 Å². The molecule has 0 unspecified atom stereocenters. The van der Waals surface area contributed by atoms with Crippen molar-refractivity contribution in [3.8, 4) is 0 Å². The van der Waals surface area contributed by atoms with E-state index in [1.807, 2.05) is 6.08 Å². The van der Waals surface area contributed by atoms with Gasteiger partial charge in [0.1, 0.15) is 0 Å². The topological polar surface area (TPSA) is 26.3 Å². The molecular formula is C23H46O2SiSn. The van der Waals surface area contributed by atoms with Gasteiger partial charge in [-0.25, -0.2) is 0 Å². The Labute approximate surface area is 175 Å². The SMILES string of the molecule is CCC[CH2][Sn]([CH2]CCC)([CH2]CCC)/[C](C)=C\C=C\C(=O)OCC[Si](C)(C)C. The zero-order valence-electron chi connectivity index (χ0n) is 19.3. The van der Waals surface area contributed by atoms with Crippen LogP contribution in [0.25, 0.3) is 0 Å². The normalized spacial score (nSPS) is 13.4. The molecule has 158 valence electrons. The van der Waals surface area contributed by atoms with Gasteiger partial charge < -0.3 is 0 Å². The average Bonchev–Trinajstić information content (AvgIpc) is 2.60. The van der Waals surface area contributed by atoms with Crippen molar-refractivity contribution in [1.29, 1.82) is 0 Å². The molecule has 0 spiro atoms. The monoisotopic (exact) mass is 502 g/mol. The molecule has 0 saturated heterocycles. The molecule has 0 N–H and O–H groups in total.